The summed E-state index contributed by atoms with van der Waals surface area (Å²) in [5, 5.41) is 3.85. The molecule has 2 aliphatic rings. The Morgan fingerprint density at radius 3 is 2.62 bits per heavy atom. The van der Waals surface area contributed by atoms with Gasteiger partial charge in [-0.3, -0.25) is 0 Å². The fourth-order valence-corrected chi connectivity index (χ4v) is 3.14. The maximum Gasteiger partial charge on any atom is 0.0618 e. The van der Waals surface area contributed by atoms with Crippen LogP contribution in [0.1, 0.15) is 52.4 Å². The maximum atomic E-state index is 5.34. The average Bonchev–Trinajstić information content (AvgIpc) is 2.98. The molecule has 2 saturated carbocycles. The maximum absolute atomic E-state index is 5.34. The SMILES string of the molecule is COCC(NC1CCCC(C)(C)C1)C1CC1. The van der Waals surface area contributed by atoms with Gasteiger partial charge in [-0.15, -0.1) is 0 Å². The van der Waals surface area contributed by atoms with Crippen LogP contribution in [0.5, 0.6) is 0 Å². The van der Waals surface area contributed by atoms with E-state index in [1.165, 1.54) is 38.5 Å². The second kappa shape index (κ2) is 5.05. The molecule has 2 fully saturated rings. The Kier molecular flexibility index (Phi) is 3.91. The lowest BCUT2D eigenvalue weighted by Crippen LogP contribution is -2.45. The number of nitrogens with one attached hydrogen (secondary N) is 1. The summed E-state index contributed by atoms with van der Waals surface area (Å²) in [6.07, 6.45) is 8.27. The topological polar surface area (TPSA) is 21.3 Å². The minimum absolute atomic E-state index is 0.539. The Labute approximate surface area is 100 Å². The molecule has 2 heteroatoms. The molecule has 0 amide bonds. The molecule has 2 atom stereocenters. The van der Waals surface area contributed by atoms with E-state index in [2.05, 4.69) is 19.2 Å². The summed E-state index contributed by atoms with van der Waals surface area (Å²) in [6.45, 7) is 5.70. The van der Waals surface area contributed by atoms with Crippen molar-refractivity contribution in [2.75, 3.05) is 13.7 Å². The molecule has 0 spiro atoms. The zero-order valence-electron chi connectivity index (χ0n) is 11.1. The molecule has 0 heterocycles. The van der Waals surface area contributed by atoms with Gasteiger partial charge in [0.25, 0.3) is 0 Å². The zero-order chi connectivity index (χ0) is 11.6. The number of ether oxygens (including phenoxy) is 1. The van der Waals surface area contributed by atoms with Gasteiger partial charge in [-0.2, -0.15) is 0 Å². The van der Waals surface area contributed by atoms with Crippen LogP contribution in [0, 0.1) is 11.3 Å². The van der Waals surface area contributed by atoms with Gasteiger partial charge in [0, 0.05) is 19.2 Å². The van der Waals surface area contributed by atoms with E-state index in [9.17, 15) is 0 Å². The molecule has 0 aliphatic heterocycles. The minimum atomic E-state index is 0.539. The van der Waals surface area contributed by atoms with Gasteiger partial charge in [-0.05, 0) is 43.4 Å². The summed E-state index contributed by atoms with van der Waals surface area (Å²) in [7, 11) is 1.82. The van der Waals surface area contributed by atoms with Gasteiger partial charge in [0.15, 0.2) is 0 Å². The first-order valence-electron chi connectivity index (χ1n) is 6.86. The number of hydrogen-bond acceptors (Lipinski definition) is 2. The molecule has 1 N–H and O–H groups in total. The zero-order valence-corrected chi connectivity index (χ0v) is 11.1. The highest BCUT2D eigenvalue weighted by molar-refractivity contribution is 4.91. The standard InChI is InChI=1S/C14H27NO/c1-14(2)8-4-5-12(9-14)15-13(10-16-3)11-6-7-11/h11-13,15H,4-10H2,1-3H3. The van der Waals surface area contributed by atoms with E-state index in [0.717, 1.165) is 18.6 Å². The second-order valence-electron chi connectivity index (χ2n) is 6.52. The van der Waals surface area contributed by atoms with Crippen molar-refractivity contribution in [3.63, 3.8) is 0 Å². The van der Waals surface area contributed by atoms with Gasteiger partial charge in [-0.1, -0.05) is 20.3 Å². The molecule has 0 aromatic heterocycles. The van der Waals surface area contributed by atoms with Crippen molar-refractivity contribution in [2.45, 2.75) is 64.5 Å². The molecule has 0 radical (unpaired) electrons. The molecule has 2 unspecified atom stereocenters. The number of methoxy groups -OCH3 is 1. The summed E-state index contributed by atoms with van der Waals surface area (Å²) < 4.78 is 5.34. The summed E-state index contributed by atoms with van der Waals surface area (Å²) in [5.41, 5.74) is 0.539. The van der Waals surface area contributed by atoms with Crippen LogP contribution in [0.25, 0.3) is 0 Å². The molecular weight excluding hydrogens is 198 g/mol. The van der Waals surface area contributed by atoms with Crippen LogP contribution >= 0.6 is 0 Å². The van der Waals surface area contributed by atoms with E-state index >= 15 is 0 Å². The lowest BCUT2D eigenvalue weighted by molar-refractivity contribution is 0.129. The lowest BCUT2D eigenvalue weighted by atomic mass is 9.75. The van der Waals surface area contributed by atoms with E-state index < -0.39 is 0 Å². The minimum Gasteiger partial charge on any atom is -0.383 e. The molecule has 0 aromatic carbocycles. The molecule has 0 saturated heterocycles. The molecule has 2 nitrogen and oxygen atoms in total. The van der Waals surface area contributed by atoms with Crippen molar-refractivity contribution in [2.24, 2.45) is 11.3 Å². The molecule has 0 bridgehead atoms. The van der Waals surface area contributed by atoms with Gasteiger partial charge in [-0.25, -0.2) is 0 Å². The van der Waals surface area contributed by atoms with Crippen LogP contribution in [0.15, 0.2) is 0 Å². The third-order valence-corrected chi connectivity index (χ3v) is 4.19. The van der Waals surface area contributed by atoms with E-state index in [1.807, 2.05) is 7.11 Å². The van der Waals surface area contributed by atoms with Gasteiger partial charge < -0.3 is 10.1 Å². The largest absolute Gasteiger partial charge is 0.383 e. The fraction of sp³-hybridized carbons (Fsp3) is 1.00. The van der Waals surface area contributed by atoms with Crippen molar-refractivity contribution in [3.05, 3.63) is 0 Å². The van der Waals surface area contributed by atoms with Crippen molar-refractivity contribution in [1.82, 2.24) is 5.32 Å². The van der Waals surface area contributed by atoms with Crippen LogP contribution in [-0.4, -0.2) is 25.8 Å². The first kappa shape index (κ1) is 12.4. The van der Waals surface area contributed by atoms with E-state index in [4.69, 9.17) is 4.74 Å². The molecule has 2 rings (SSSR count). The quantitative estimate of drug-likeness (QED) is 0.776. The first-order chi connectivity index (χ1) is 7.61. The van der Waals surface area contributed by atoms with Crippen molar-refractivity contribution in [3.8, 4) is 0 Å². The highest BCUT2D eigenvalue weighted by Gasteiger charge is 2.35. The highest BCUT2D eigenvalue weighted by atomic mass is 16.5. The molecule has 16 heavy (non-hydrogen) atoms. The molecular formula is C14H27NO. The van der Waals surface area contributed by atoms with Gasteiger partial charge in [0.2, 0.25) is 0 Å². The van der Waals surface area contributed by atoms with Crippen LogP contribution < -0.4 is 5.32 Å². The van der Waals surface area contributed by atoms with Crippen LogP contribution in [0.4, 0.5) is 0 Å². The predicted octanol–water partition coefficient (Wildman–Crippen LogP) is 2.97. The second-order valence-corrected chi connectivity index (χ2v) is 6.52. The van der Waals surface area contributed by atoms with Gasteiger partial charge >= 0.3 is 0 Å². The molecule has 2 aliphatic carbocycles. The average molecular weight is 225 g/mol. The van der Waals surface area contributed by atoms with E-state index in [0.29, 0.717) is 11.5 Å². The number of hydrogen-bond donors (Lipinski definition) is 1. The van der Waals surface area contributed by atoms with Crippen LogP contribution in [0.2, 0.25) is 0 Å². The summed E-state index contributed by atoms with van der Waals surface area (Å²) >= 11 is 0. The Bertz CT molecular complexity index is 223. The fourth-order valence-electron chi connectivity index (χ4n) is 3.14. The first-order valence-corrected chi connectivity index (χ1v) is 6.86. The molecule has 0 aromatic rings. The van der Waals surface area contributed by atoms with Gasteiger partial charge in [0.1, 0.15) is 0 Å². The Hall–Kier alpha value is -0.0800. The molecule has 94 valence electrons. The Morgan fingerprint density at radius 1 is 1.31 bits per heavy atom. The summed E-state index contributed by atoms with van der Waals surface area (Å²) in [6, 6.07) is 1.34. The van der Waals surface area contributed by atoms with Gasteiger partial charge in [0.05, 0.1) is 6.61 Å². The van der Waals surface area contributed by atoms with E-state index in [-0.39, 0.29) is 0 Å². The lowest BCUT2D eigenvalue weighted by Gasteiger charge is -2.37. The predicted molar refractivity (Wildman–Crippen MR) is 67.6 cm³/mol. The normalized spacial score (nSPS) is 31.3. The van der Waals surface area contributed by atoms with Crippen LogP contribution in [0.3, 0.4) is 0 Å². The Balaban J connectivity index is 1.82. The van der Waals surface area contributed by atoms with Crippen molar-refractivity contribution in [1.29, 1.82) is 0 Å². The number of rotatable bonds is 5. The van der Waals surface area contributed by atoms with Crippen LogP contribution in [-0.2, 0) is 4.74 Å². The highest BCUT2D eigenvalue weighted by Crippen LogP contribution is 2.37. The van der Waals surface area contributed by atoms with E-state index in [1.54, 1.807) is 0 Å². The smallest absolute Gasteiger partial charge is 0.0618 e. The summed E-state index contributed by atoms with van der Waals surface area (Å²) in [5.74, 6) is 0.894. The van der Waals surface area contributed by atoms with Crippen molar-refractivity contribution < 1.29 is 4.74 Å². The summed E-state index contributed by atoms with van der Waals surface area (Å²) in [4.78, 5) is 0. The monoisotopic (exact) mass is 225 g/mol. The Morgan fingerprint density at radius 2 is 2.06 bits per heavy atom. The third-order valence-electron chi connectivity index (χ3n) is 4.19. The van der Waals surface area contributed by atoms with Crippen molar-refractivity contribution >= 4 is 0 Å². The third kappa shape index (κ3) is 3.46.